The van der Waals surface area contributed by atoms with Crippen LogP contribution < -0.4 is 10.5 Å². The topological polar surface area (TPSA) is 74.7 Å². The van der Waals surface area contributed by atoms with Crippen LogP contribution in [-0.2, 0) is 9.53 Å². The van der Waals surface area contributed by atoms with Gasteiger partial charge >= 0.3 is 5.97 Å². The highest BCUT2D eigenvalue weighted by atomic mass is 16.5. The Kier molecular flexibility index (Phi) is 3.01. The number of methoxy groups -OCH3 is 2. The summed E-state index contributed by atoms with van der Waals surface area (Å²) in [6, 6.07) is 6.20. The molecule has 5 heteroatoms. The zero-order valence-electron chi connectivity index (χ0n) is 9.60. The third kappa shape index (κ3) is 2.09. The number of furan rings is 1. The molecule has 2 rings (SSSR count). The molecule has 1 unspecified atom stereocenters. The number of nitrogens with two attached hydrogens (primary N) is 1. The Balaban J connectivity index is 2.40. The largest absolute Gasteiger partial charge is 0.497 e. The van der Waals surface area contributed by atoms with E-state index in [0.717, 1.165) is 5.39 Å². The van der Waals surface area contributed by atoms with Crippen molar-refractivity contribution in [3.05, 3.63) is 30.0 Å². The summed E-state index contributed by atoms with van der Waals surface area (Å²) in [5, 5.41) is 0.861. The molecule has 2 N–H and O–H groups in total. The maximum Gasteiger partial charge on any atom is 0.330 e. The second-order valence-corrected chi connectivity index (χ2v) is 3.55. The van der Waals surface area contributed by atoms with Gasteiger partial charge in [-0.25, -0.2) is 4.79 Å². The van der Waals surface area contributed by atoms with Gasteiger partial charge in [-0.2, -0.15) is 0 Å². The van der Waals surface area contributed by atoms with Gasteiger partial charge in [0, 0.05) is 11.5 Å². The molecule has 0 bridgehead atoms. The fourth-order valence-electron chi connectivity index (χ4n) is 1.56. The van der Waals surface area contributed by atoms with E-state index in [9.17, 15) is 4.79 Å². The number of carbonyl (C=O) groups excluding carboxylic acids is 1. The van der Waals surface area contributed by atoms with Crippen LogP contribution in [-0.4, -0.2) is 20.2 Å². The molecular formula is C12H13NO4. The normalized spacial score (nSPS) is 12.4. The lowest BCUT2D eigenvalue weighted by molar-refractivity contribution is -0.142. The summed E-state index contributed by atoms with van der Waals surface area (Å²) in [6.45, 7) is 0. The van der Waals surface area contributed by atoms with E-state index in [-0.39, 0.29) is 0 Å². The van der Waals surface area contributed by atoms with E-state index < -0.39 is 12.0 Å². The first kappa shape index (κ1) is 11.5. The number of hydrogen-bond acceptors (Lipinski definition) is 5. The summed E-state index contributed by atoms with van der Waals surface area (Å²) in [6.07, 6.45) is 0. The van der Waals surface area contributed by atoms with E-state index in [2.05, 4.69) is 4.74 Å². The van der Waals surface area contributed by atoms with E-state index in [1.165, 1.54) is 7.11 Å². The molecular weight excluding hydrogens is 222 g/mol. The molecule has 0 aliphatic heterocycles. The number of hydrogen-bond donors (Lipinski definition) is 1. The molecule has 2 aromatic rings. The van der Waals surface area contributed by atoms with E-state index in [0.29, 0.717) is 17.1 Å². The average molecular weight is 235 g/mol. The van der Waals surface area contributed by atoms with Crippen molar-refractivity contribution in [2.75, 3.05) is 14.2 Å². The first-order valence-corrected chi connectivity index (χ1v) is 5.06. The van der Waals surface area contributed by atoms with Crippen molar-refractivity contribution < 1.29 is 18.7 Å². The Bertz CT molecular complexity index is 546. The van der Waals surface area contributed by atoms with Crippen LogP contribution in [0.2, 0.25) is 0 Å². The lowest BCUT2D eigenvalue weighted by atomic mass is 10.2. The van der Waals surface area contributed by atoms with Crippen LogP contribution in [0.1, 0.15) is 11.8 Å². The molecule has 0 spiro atoms. The van der Waals surface area contributed by atoms with Gasteiger partial charge < -0.3 is 19.6 Å². The fraction of sp³-hybridized carbons (Fsp3) is 0.250. The van der Waals surface area contributed by atoms with Crippen molar-refractivity contribution in [2.45, 2.75) is 6.04 Å². The molecule has 0 aliphatic carbocycles. The minimum absolute atomic E-state index is 0.375. The van der Waals surface area contributed by atoms with Crippen molar-refractivity contribution in [3.63, 3.8) is 0 Å². The molecule has 1 aromatic carbocycles. The third-order valence-corrected chi connectivity index (χ3v) is 2.51. The molecule has 1 aromatic heterocycles. The lowest BCUT2D eigenvalue weighted by Gasteiger charge is -2.04. The van der Waals surface area contributed by atoms with Gasteiger partial charge in [0.1, 0.15) is 17.1 Å². The molecule has 0 saturated heterocycles. The predicted molar refractivity (Wildman–Crippen MR) is 61.7 cm³/mol. The molecule has 0 aliphatic rings. The summed E-state index contributed by atoms with van der Waals surface area (Å²) < 4.78 is 15.1. The van der Waals surface area contributed by atoms with Gasteiger partial charge in [-0.15, -0.1) is 0 Å². The predicted octanol–water partition coefficient (Wildman–Crippen LogP) is 1.61. The number of fused-ring (bicyclic) bond motifs is 1. The lowest BCUT2D eigenvalue weighted by Crippen LogP contribution is -2.21. The second-order valence-electron chi connectivity index (χ2n) is 3.55. The molecule has 0 amide bonds. The maximum absolute atomic E-state index is 11.3. The van der Waals surface area contributed by atoms with Crippen molar-refractivity contribution in [3.8, 4) is 5.75 Å². The van der Waals surface area contributed by atoms with Crippen molar-refractivity contribution in [2.24, 2.45) is 5.73 Å². The minimum Gasteiger partial charge on any atom is -0.497 e. The SMILES string of the molecule is COC(=O)C(N)c1cc2ccc(OC)cc2o1. The molecule has 90 valence electrons. The Morgan fingerprint density at radius 3 is 2.76 bits per heavy atom. The number of carbonyl (C=O) groups is 1. The van der Waals surface area contributed by atoms with Gasteiger partial charge in [-0.3, -0.25) is 0 Å². The van der Waals surface area contributed by atoms with Crippen LogP contribution >= 0.6 is 0 Å². The number of benzene rings is 1. The number of rotatable bonds is 3. The Morgan fingerprint density at radius 1 is 1.35 bits per heavy atom. The Labute approximate surface area is 98.1 Å². The first-order chi connectivity index (χ1) is 8.15. The van der Waals surface area contributed by atoms with Gasteiger partial charge in [0.25, 0.3) is 0 Å². The Hall–Kier alpha value is -2.01. The van der Waals surface area contributed by atoms with E-state index in [1.54, 1.807) is 19.2 Å². The van der Waals surface area contributed by atoms with Gasteiger partial charge in [0.2, 0.25) is 0 Å². The van der Waals surface area contributed by atoms with E-state index in [1.807, 2.05) is 12.1 Å². The zero-order valence-corrected chi connectivity index (χ0v) is 9.60. The molecule has 1 atom stereocenters. The third-order valence-electron chi connectivity index (χ3n) is 2.51. The molecule has 17 heavy (non-hydrogen) atoms. The van der Waals surface area contributed by atoms with Crippen molar-refractivity contribution in [1.29, 1.82) is 0 Å². The van der Waals surface area contributed by atoms with E-state index >= 15 is 0 Å². The number of ether oxygens (including phenoxy) is 2. The van der Waals surface area contributed by atoms with Crippen LogP contribution in [0.15, 0.2) is 28.7 Å². The standard InChI is InChI=1S/C12H13NO4/c1-15-8-4-3-7-5-10(17-9(7)6-8)11(13)12(14)16-2/h3-6,11H,13H2,1-2H3. The highest BCUT2D eigenvalue weighted by Gasteiger charge is 2.20. The summed E-state index contributed by atoms with van der Waals surface area (Å²) in [7, 11) is 2.86. The van der Waals surface area contributed by atoms with Gasteiger partial charge in [-0.1, -0.05) is 0 Å². The van der Waals surface area contributed by atoms with Crippen LogP contribution in [0.25, 0.3) is 11.0 Å². The highest BCUT2D eigenvalue weighted by Crippen LogP contribution is 2.26. The molecule has 0 saturated carbocycles. The summed E-state index contributed by atoms with van der Waals surface area (Å²) in [5.74, 6) is 0.529. The highest BCUT2D eigenvalue weighted by molar-refractivity contribution is 5.83. The van der Waals surface area contributed by atoms with Gasteiger partial charge in [0.05, 0.1) is 14.2 Å². The quantitative estimate of drug-likeness (QED) is 0.818. The zero-order chi connectivity index (χ0) is 12.4. The molecule has 0 fully saturated rings. The van der Waals surface area contributed by atoms with Crippen LogP contribution in [0.3, 0.4) is 0 Å². The van der Waals surface area contributed by atoms with E-state index in [4.69, 9.17) is 14.9 Å². The summed E-state index contributed by atoms with van der Waals surface area (Å²) >= 11 is 0. The second kappa shape index (κ2) is 4.47. The monoisotopic (exact) mass is 235 g/mol. The smallest absolute Gasteiger partial charge is 0.330 e. The van der Waals surface area contributed by atoms with Crippen LogP contribution in [0, 0.1) is 0 Å². The summed E-state index contributed by atoms with van der Waals surface area (Å²) in [5.41, 5.74) is 6.31. The minimum atomic E-state index is -0.904. The van der Waals surface area contributed by atoms with Crippen LogP contribution in [0.4, 0.5) is 0 Å². The van der Waals surface area contributed by atoms with Crippen molar-refractivity contribution >= 4 is 16.9 Å². The molecule has 5 nitrogen and oxygen atoms in total. The molecule has 1 heterocycles. The molecule has 0 radical (unpaired) electrons. The number of esters is 1. The van der Waals surface area contributed by atoms with Gasteiger partial charge in [0.15, 0.2) is 6.04 Å². The van der Waals surface area contributed by atoms with Crippen molar-refractivity contribution in [1.82, 2.24) is 0 Å². The average Bonchev–Trinajstić information content (AvgIpc) is 2.79. The summed E-state index contributed by atoms with van der Waals surface area (Å²) in [4.78, 5) is 11.3. The van der Waals surface area contributed by atoms with Gasteiger partial charge in [-0.05, 0) is 18.2 Å². The van der Waals surface area contributed by atoms with Crippen LogP contribution in [0.5, 0.6) is 5.75 Å². The first-order valence-electron chi connectivity index (χ1n) is 5.06. The fourth-order valence-corrected chi connectivity index (χ4v) is 1.56. The Morgan fingerprint density at radius 2 is 2.12 bits per heavy atom. The maximum atomic E-state index is 11.3.